The maximum absolute atomic E-state index is 13.4. The van der Waals surface area contributed by atoms with Gasteiger partial charge >= 0.3 is 0 Å². The lowest BCUT2D eigenvalue weighted by molar-refractivity contribution is 0.0928. The summed E-state index contributed by atoms with van der Waals surface area (Å²) in [6.07, 6.45) is 1.51. The number of nitrogens with zero attached hydrogens (tertiary/aromatic N) is 1. The zero-order chi connectivity index (χ0) is 17.1. The van der Waals surface area contributed by atoms with E-state index in [2.05, 4.69) is 5.32 Å². The van der Waals surface area contributed by atoms with Gasteiger partial charge in [-0.05, 0) is 17.7 Å². The van der Waals surface area contributed by atoms with Crippen LogP contribution in [-0.2, 0) is 11.3 Å². The number of carbonyl (C=O) groups is 1. The first-order valence-corrected chi connectivity index (χ1v) is 7.38. The van der Waals surface area contributed by atoms with Crippen LogP contribution < -0.4 is 5.32 Å². The molecule has 24 heavy (non-hydrogen) atoms. The van der Waals surface area contributed by atoms with E-state index in [9.17, 15) is 13.6 Å². The van der Waals surface area contributed by atoms with E-state index in [1.54, 1.807) is 23.8 Å². The highest BCUT2D eigenvalue weighted by Crippen LogP contribution is 2.23. The topological polar surface area (TPSA) is 56.4 Å². The maximum Gasteiger partial charge on any atom is 0.268 e. The number of furan rings is 1. The van der Waals surface area contributed by atoms with Gasteiger partial charge in [-0.15, -0.1) is 0 Å². The molecule has 0 unspecified atom stereocenters. The molecule has 0 bridgehead atoms. The predicted octanol–water partition coefficient (Wildman–Crippen LogP) is 2.94. The highest BCUT2D eigenvalue weighted by molar-refractivity contribution is 5.97. The summed E-state index contributed by atoms with van der Waals surface area (Å²) in [7, 11) is 1.55. The minimum atomic E-state index is -0.922. The molecule has 1 N–H and O–H groups in total. The molecule has 0 radical (unpaired) electrons. The number of halogens is 2. The summed E-state index contributed by atoms with van der Waals surface area (Å²) in [5, 5.41) is 2.74. The standard InChI is InChI=1S/C17H16F2N2O3/c1-23-7-5-20-17(22)15-9-16-14(4-6-24-16)21(15)10-11-2-3-12(18)13(19)8-11/h2-4,6,8-9H,5,7,10H2,1H3,(H,20,22). The molecule has 2 heterocycles. The van der Waals surface area contributed by atoms with Gasteiger partial charge in [0.25, 0.3) is 5.91 Å². The van der Waals surface area contributed by atoms with Crippen molar-refractivity contribution in [1.82, 2.24) is 9.88 Å². The fraction of sp³-hybridized carbons (Fsp3) is 0.235. The van der Waals surface area contributed by atoms with E-state index in [1.165, 1.54) is 12.3 Å². The number of benzene rings is 1. The van der Waals surface area contributed by atoms with Crippen molar-refractivity contribution in [2.45, 2.75) is 6.54 Å². The summed E-state index contributed by atoms with van der Waals surface area (Å²) in [6.45, 7) is 0.978. The molecule has 3 rings (SSSR count). The van der Waals surface area contributed by atoms with Crippen LogP contribution in [0.15, 0.2) is 41.0 Å². The maximum atomic E-state index is 13.4. The van der Waals surface area contributed by atoms with Crippen LogP contribution in [-0.4, -0.2) is 30.7 Å². The van der Waals surface area contributed by atoms with Crippen molar-refractivity contribution in [3.8, 4) is 0 Å². The van der Waals surface area contributed by atoms with Crippen molar-refractivity contribution in [1.29, 1.82) is 0 Å². The Morgan fingerprint density at radius 1 is 1.25 bits per heavy atom. The van der Waals surface area contributed by atoms with E-state index in [-0.39, 0.29) is 12.5 Å². The summed E-state index contributed by atoms with van der Waals surface area (Å²) in [4.78, 5) is 12.4. The van der Waals surface area contributed by atoms with E-state index >= 15 is 0 Å². The van der Waals surface area contributed by atoms with Gasteiger partial charge in [0.05, 0.1) is 18.4 Å². The first-order valence-electron chi connectivity index (χ1n) is 7.38. The number of hydrogen-bond acceptors (Lipinski definition) is 3. The quantitative estimate of drug-likeness (QED) is 0.705. The number of nitrogens with one attached hydrogen (secondary N) is 1. The molecule has 0 spiro atoms. The molecule has 0 aliphatic carbocycles. The third kappa shape index (κ3) is 3.16. The summed E-state index contributed by atoms with van der Waals surface area (Å²) in [5.74, 6) is -2.12. The Hall–Kier alpha value is -2.67. The van der Waals surface area contributed by atoms with Crippen molar-refractivity contribution >= 4 is 17.0 Å². The highest BCUT2D eigenvalue weighted by atomic mass is 19.2. The molecule has 0 saturated carbocycles. The monoisotopic (exact) mass is 334 g/mol. The van der Waals surface area contributed by atoms with Gasteiger partial charge in [0, 0.05) is 32.3 Å². The van der Waals surface area contributed by atoms with E-state index in [1.807, 2.05) is 0 Å². The number of carbonyl (C=O) groups excluding carboxylic acids is 1. The van der Waals surface area contributed by atoms with Crippen LogP contribution in [0.2, 0.25) is 0 Å². The van der Waals surface area contributed by atoms with Crippen molar-refractivity contribution in [3.05, 3.63) is 59.5 Å². The van der Waals surface area contributed by atoms with Gasteiger partial charge in [0.2, 0.25) is 0 Å². The summed E-state index contributed by atoms with van der Waals surface area (Å²) < 4.78 is 38.5. The Balaban J connectivity index is 1.92. The Labute approximate surface area is 136 Å². The van der Waals surface area contributed by atoms with E-state index in [0.29, 0.717) is 35.5 Å². The van der Waals surface area contributed by atoms with Gasteiger partial charge in [0.15, 0.2) is 17.2 Å². The first-order chi connectivity index (χ1) is 11.6. The summed E-state index contributed by atoms with van der Waals surface area (Å²) >= 11 is 0. The first kappa shape index (κ1) is 16.2. The third-order valence-electron chi connectivity index (χ3n) is 3.67. The van der Waals surface area contributed by atoms with Gasteiger partial charge in [0.1, 0.15) is 5.69 Å². The fourth-order valence-electron chi connectivity index (χ4n) is 2.51. The fourth-order valence-corrected chi connectivity index (χ4v) is 2.51. The molecule has 0 aliphatic heterocycles. The SMILES string of the molecule is COCCNC(=O)c1cc2occc2n1Cc1ccc(F)c(F)c1. The van der Waals surface area contributed by atoms with Crippen LogP contribution >= 0.6 is 0 Å². The molecule has 5 nitrogen and oxygen atoms in total. The Kier molecular flexibility index (Phi) is 4.61. The summed E-state index contributed by atoms with van der Waals surface area (Å²) in [6, 6.07) is 7.02. The van der Waals surface area contributed by atoms with E-state index < -0.39 is 11.6 Å². The molecule has 0 aliphatic rings. The van der Waals surface area contributed by atoms with Gasteiger partial charge < -0.3 is 19.0 Å². The van der Waals surface area contributed by atoms with Crippen LogP contribution in [0.4, 0.5) is 8.78 Å². The number of hydrogen-bond donors (Lipinski definition) is 1. The lowest BCUT2D eigenvalue weighted by Crippen LogP contribution is -2.29. The average Bonchev–Trinajstić information content (AvgIpc) is 3.14. The van der Waals surface area contributed by atoms with Gasteiger partial charge in [-0.1, -0.05) is 6.07 Å². The number of amides is 1. The molecule has 126 valence electrons. The van der Waals surface area contributed by atoms with Crippen molar-refractivity contribution in [3.63, 3.8) is 0 Å². The van der Waals surface area contributed by atoms with Crippen molar-refractivity contribution in [2.75, 3.05) is 20.3 Å². The lowest BCUT2D eigenvalue weighted by Gasteiger charge is -2.11. The van der Waals surface area contributed by atoms with Crippen LogP contribution in [0.1, 0.15) is 16.1 Å². The molecule has 0 fully saturated rings. The van der Waals surface area contributed by atoms with Crippen LogP contribution in [0.3, 0.4) is 0 Å². The second-order valence-electron chi connectivity index (χ2n) is 5.28. The number of aromatic nitrogens is 1. The molecular formula is C17H16F2N2O3. The smallest absolute Gasteiger partial charge is 0.268 e. The average molecular weight is 334 g/mol. The van der Waals surface area contributed by atoms with E-state index in [4.69, 9.17) is 9.15 Å². The Morgan fingerprint density at radius 3 is 2.83 bits per heavy atom. The van der Waals surface area contributed by atoms with Gasteiger partial charge in [-0.25, -0.2) is 8.78 Å². The predicted molar refractivity (Wildman–Crippen MR) is 83.9 cm³/mol. The van der Waals surface area contributed by atoms with Gasteiger partial charge in [-0.3, -0.25) is 4.79 Å². The number of rotatable bonds is 6. The largest absolute Gasteiger partial charge is 0.463 e. The Bertz CT molecular complexity index is 870. The molecule has 1 amide bonds. The zero-order valence-electron chi connectivity index (χ0n) is 13.0. The highest BCUT2D eigenvalue weighted by Gasteiger charge is 2.18. The molecule has 2 aromatic heterocycles. The Morgan fingerprint density at radius 2 is 2.08 bits per heavy atom. The minimum absolute atomic E-state index is 0.216. The van der Waals surface area contributed by atoms with Crippen LogP contribution in [0.5, 0.6) is 0 Å². The lowest BCUT2D eigenvalue weighted by atomic mass is 10.2. The number of fused-ring (bicyclic) bond motifs is 1. The molecule has 0 saturated heterocycles. The molecule has 3 aromatic rings. The molecule has 7 heteroatoms. The number of ether oxygens (including phenoxy) is 1. The zero-order valence-corrected chi connectivity index (χ0v) is 13.0. The third-order valence-corrected chi connectivity index (χ3v) is 3.67. The second-order valence-corrected chi connectivity index (χ2v) is 5.28. The normalized spacial score (nSPS) is 11.1. The molecule has 1 aromatic carbocycles. The molecule has 0 atom stereocenters. The molecular weight excluding hydrogens is 318 g/mol. The van der Waals surface area contributed by atoms with E-state index in [0.717, 1.165) is 12.1 Å². The van der Waals surface area contributed by atoms with Crippen LogP contribution in [0.25, 0.3) is 11.1 Å². The minimum Gasteiger partial charge on any atom is -0.463 e. The van der Waals surface area contributed by atoms with Crippen molar-refractivity contribution < 1.29 is 22.7 Å². The number of methoxy groups -OCH3 is 1. The van der Waals surface area contributed by atoms with Crippen molar-refractivity contribution in [2.24, 2.45) is 0 Å². The van der Waals surface area contributed by atoms with Crippen LogP contribution in [0, 0.1) is 11.6 Å². The second kappa shape index (κ2) is 6.84. The summed E-state index contributed by atoms with van der Waals surface area (Å²) in [5.41, 5.74) is 2.18. The van der Waals surface area contributed by atoms with Gasteiger partial charge in [-0.2, -0.15) is 0 Å².